The van der Waals surface area contributed by atoms with Crippen LogP contribution in [0.2, 0.25) is 0 Å². The Morgan fingerprint density at radius 1 is 1.21 bits per heavy atom. The Morgan fingerprint density at radius 3 is 2.58 bits per heavy atom. The predicted octanol–water partition coefficient (Wildman–Crippen LogP) is 3.49. The average molecular weight is 321 g/mol. The summed E-state index contributed by atoms with van der Waals surface area (Å²) in [6, 6.07) is 12.1. The fourth-order valence-corrected chi connectivity index (χ4v) is 2.38. The summed E-state index contributed by atoms with van der Waals surface area (Å²) in [5.41, 5.74) is 0.983. The van der Waals surface area contributed by atoms with Crippen LogP contribution >= 0.6 is 15.9 Å². The van der Waals surface area contributed by atoms with Gasteiger partial charge in [-0.25, -0.2) is 0 Å². The van der Waals surface area contributed by atoms with Crippen molar-refractivity contribution in [2.24, 2.45) is 0 Å². The first kappa shape index (κ1) is 13.9. The van der Waals surface area contributed by atoms with Crippen LogP contribution in [0.25, 0.3) is 10.8 Å². The lowest BCUT2D eigenvalue weighted by atomic mass is 10.1. The molecule has 0 radical (unpaired) electrons. The van der Waals surface area contributed by atoms with E-state index in [0.717, 1.165) is 27.5 Å². The molecule has 0 atom stereocenters. The van der Waals surface area contributed by atoms with Crippen LogP contribution in [0.5, 0.6) is 0 Å². The van der Waals surface area contributed by atoms with Crippen LogP contribution in [0, 0.1) is 0 Å². The first-order valence-electron chi connectivity index (χ1n) is 6.28. The summed E-state index contributed by atoms with van der Waals surface area (Å²) in [6.07, 6.45) is 0. The van der Waals surface area contributed by atoms with E-state index in [1.54, 1.807) is 4.90 Å². The van der Waals surface area contributed by atoms with Crippen LogP contribution in [0.3, 0.4) is 0 Å². The molecule has 0 aliphatic rings. The Balaban J connectivity index is 2.22. The van der Waals surface area contributed by atoms with Crippen LogP contribution in [0.4, 0.5) is 5.69 Å². The molecule has 0 saturated heterocycles. The number of hydrogen-bond acceptors (Lipinski definition) is 2. The smallest absolute Gasteiger partial charge is 0.241 e. The number of nitrogens with zero attached hydrogens (tertiary/aromatic N) is 1. The summed E-state index contributed by atoms with van der Waals surface area (Å²) in [6.45, 7) is 3.00. The highest BCUT2D eigenvalue weighted by Gasteiger charge is 2.08. The summed E-state index contributed by atoms with van der Waals surface area (Å²) < 4.78 is 1.06. The van der Waals surface area contributed by atoms with E-state index in [9.17, 15) is 4.79 Å². The molecule has 4 heteroatoms. The summed E-state index contributed by atoms with van der Waals surface area (Å²) >= 11 is 3.54. The minimum absolute atomic E-state index is 0.0921. The van der Waals surface area contributed by atoms with E-state index in [1.165, 1.54) is 0 Å². The number of carbonyl (C=O) groups excluding carboxylic acids is 1. The van der Waals surface area contributed by atoms with Crippen molar-refractivity contribution in [2.45, 2.75) is 6.92 Å². The van der Waals surface area contributed by atoms with Crippen molar-refractivity contribution in [1.29, 1.82) is 0 Å². The normalized spacial score (nSPS) is 10.5. The third-order valence-electron chi connectivity index (χ3n) is 3.20. The van der Waals surface area contributed by atoms with Gasteiger partial charge in [0, 0.05) is 29.1 Å². The molecule has 2 aromatic carbocycles. The van der Waals surface area contributed by atoms with Crippen LogP contribution in [0.15, 0.2) is 40.9 Å². The average Bonchev–Trinajstić information content (AvgIpc) is 2.45. The molecule has 0 bridgehead atoms. The maximum atomic E-state index is 11.8. The Kier molecular flexibility index (Phi) is 4.43. The van der Waals surface area contributed by atoms with Gasteiger partial charge in [-0.2, -0.15) is 0 Å². The minimum atomic E-state index is 0.0921. The summed E-state index contributed by atoms with van der Waals surface area (Å²) in [4.78, 5) is 13.5. The molecule has 2 aromatic rings. The molecular weight excluding hydrogens is 304 g/mol. The molecule has 1 amide bonds. The topological polar surface area (TPSA) is 32.3 Å². The van der Waals surface area contributed by atoms with Gasteiger partial charge in [0.1, 0.15) is 0 Å². The lowest BCUT2D eigenvalue weighted by Gasteiger charge is -2.16. The van der Waals surface area contributed by atoms with Crippen molar-refractivity contribution >= 4 is 38.3 Å². The molecule has 0 spiro atoms. The number of carbonyl (C=O) groups is 1. The van der Waals surface area contributed by atoms with E-state index < -0.39 is 0 Å². The Hall–Kier alpha value is -1.55. The highest BCUT2D eigenvalue weighted by Crippen LogP contribution is 2.29. The van der Waals surface area contributed by atoms with Crippen molar-refractivity contribution in [3.8, 4) is 0 Å². The van der Waals surface area contributed by atoms with Gasteiger partial charge in [0.25, 0.3) is 0 Å². The number of likely N-dealkylation sites (N-methyl/N-ethyl adjacent to an activating group) is 1. The van der Waals surface area contributed by atoms with Crippen molar-refractivity contribution in [3.05, 3.63) is 40.9 Å². The van der Waals surface area contributed by atoms with E-state index in [0.29, 0.717) is 6.54 Å². The molecule has 0 aliphatic heterocycles. The third kappa shape index (κ3) is 3.07. The van der Waals surface area contributed by atoms with Crippen molar-refractivity contribution in [3.63, 3.8) is 0 Å². The second-order valence-corrected chi connectivity index (χ2v) is 5.26. The van der Waals surface area contributed by atoms with E-state index in [2.05, 4.69) is 33.4 Å². The first-order chi connectivity index (χ1) is 9.13. The van der Waals surface area contributed by atoms with Gasteiger partial charge in [-0.05, 0) is 24.4 Å². The van der Waals surface area contributed by atoms with Crippen molar-refractivity contribution in [2.75, 3.05) is 25.5 Å². The lowest BCUT2D eigenvalue weighted by Crippen LogP contribution is -2.31. The molecule has 2 rings (SSSR count). The number of hydrogen-bond donors (Lipinski definition) is 1. The first-order valence-corrected chi connectivity index (χ1v) is 7.08. The van der Waals surface area contributed by atoms with E-state index in [-0.39, 0.29) is 5.91 Å². The van der Waals surface area contributed by atoms with Gasteiger partial charge in [-0.15, -0.1) is 0 Å². The Bertz CT molecular complexity index is 598. The number of amides is 1. The fraction of sp³-hybridized carbons (Fsp3) is 0.267. The van der Waals surface area contributed by atoms with Gasteiger partial charge in [0.15, 0.2) is 0 Å². The lowest BCUT2D eigenvalue weighted by molar-refractivity contribution is -0.127. The van der Waals surface area contributed by atoms with Crippen LogP contribution < -0.4 is 5.32 Å². The number of fused-ring (bicyclic) bond motifs is 1. The molecule has 19 heavy (non-hydrogen) atoms. The summed E-state index contributed by atoms with van der Waals surface area (Å²) in [5, 5.41) is 5.47. The van der Waals surface area contributed by atoms with Gasteiger partial charge in [-0.1, -0.05) is 40.2 Å². The van der Waals surface area contributed by atoms with Gasteiger partial charge < -0.3 is 10.2 Å². The molecule has 100 valence electrons. The number of anilines is 1. The molecule has 0 unspecified atom stereocenters. The standard InChI is InChI=1S/C15H17BrN2O/c1-3-18(2)15(19)10-17-14-9-8-13(16)11-6-4-5-7-12(11)14/h4-9,17H,3,10H2,1-2H3. The summed E-state index contributed by atoms with van der Waals surface area (Å²) in [7, 11) is 1.81. The second-order valence-electron chi connectivity index (χ2n) is 4.40. The number of nitrogens with one attached hydrogen (secondary N) is 1. The minimum Gasteiger partial charge on any atom is -0.376 e. The monoisotopic (exact) mass is 320 g/mol. The molecule has 0 saturated carbocycles. The van der Waals surface area contributed by atoms with Gasteiger partial charge in [0.05, 0.1) is 6.54 Å². The molecule has 0 aliphatic carbocycles. The number of halogens is 1. The molecule has 0 aromatic heterocycles. The van der Waals surface area contributed by atoms with Crippen molar-refractivity contribution < 1.29 is 4.79 Å². The zero-order valence-corrected chi connectivity index (χ0v) is 12.7. The Morgan fingerprint density at radius 2 is 1.89 bits per heavy atom. The van der Waals surface area contributed by atoms with E-state index in [4.69, 9.17) is 0 Å². The maximum Gasteiger partial charge on any atom is 0.241 e. The largest absolute Gasteiger partial charge is 0.376 e. The molecular formula is C15H17BrN2O. The van der Waals surface area contributed by atoms with Crippen LogP contribution in [-0.4, -0.2) is 30.9 Å². The maximum absolute atomic E-state index is 11.8. The van der Waals surface area contributed by atoms with Crippen LogP contribution in [-0.2, 0) is 4.79 Å². The zero-order valence-electron chi connectivity index (χ0n) is 11.1. The Labute approximate surface area is 121 Å². The van der Waals surface area contributed by atoms with Gasteiger partial charge in [0.2, 0.25) is 5.91 Å². The molecule has 3 nitrogen and oxygen atoms in total. The fourth-order valence-electron chi connectivity index (χ4n) is 1.90. The predicted molar refractivity (Wildman–Crippen MR) is 83.4 cm³/mol. The SMILES string of the molecule is CCN(C)C(=O)CNc1ccc(Br)c2ccccc12. The highest BCUT2D eigenvalue weighted by atomic mass is 79.9. The molecule has 0 heterocycles. The third-order valence-corrected chi connectivity index (χ3v) is 3.89. The van der Waals surface area contributed by atoms with Gasteiger partial charge in [-0.3, -0.25) is 4.79 Å². The summed E-state index contributed by atoms with van der Waals surface area (Å²) in [5.74, 6) is 0.0921. The van der Waals surface area contributed by atoms with E-state index >= 15 is 0 Å². The highest BCUT2D eigenvalue weighted by molar-refractivity contribution is 9.10. The number of rotatable bonds is 4. The van der Waals surface area contributed by atoms with E-state index in [1.807, 2.05) is 38.2 Å². The van der Waals surface area contributed by atoms with Crippen molar-refractivity contribution in [1.82, 2.24) is 4.90 Å². The quantitative estimate of drug-likeness (QED) is 0.935. The van der Waals surface area contributed by atoms with Gasteiger partial charge >= 0.3 is 0 Å². The molecule has 0 fully saturated rings. The number of benzene rings is 2. The van der Waals surface area contributed by atoms with Crippen LogP contribution in [0.1, 0.15) is 6.92 Å². The molecule has 1 N–H and O–H groups in total. The second kappa shape index (κ2) is 6.06. The zero-order chi connectivity index (χ0) is 13.8.